The summed E-state index contributed by atoms with van der Waals surface area (Å²) in [7, 11) is 3.32. The van der Waals surface area contributed by atoms with Gasteiger partial charge in [0.25, 0.3) is 0 Å². The number of piperazine rings is 1. The van der Waals surface area contributed by atoms with E-state index in [0.29, 0.717) is 39.3 Å². The van der Waals surface area contributed by atoms with Crippen molar-refractivity contribution < 1.29 is 23.8 Å². The quantitative estimate of drug-likeness (QED) is 0.722. The van der Waals surface area contributed by atoms with Gasteiger partial charge in [0, 0.05) is 37.8 Å². The molecule has 0 aromatic heterocycles. The van der Waals surface area contributed by atoms with Crippen LogP contribution >= 0.6 is 0 Å². The molecule has 0 N–H and O–H groups in total. The molecule has 0 radical (unpaired) electrons. The number of ether oxygens (including phenoxy) is 3. The Kier molecular flexibility index (Phi) is 7.19. The van der Waals surface area contributed by atoms with Crippen LogP contribution in [0.2, 0.25) is 0 Å². The lowest BCUT2D eigenvalue weighted by Crippen LogP contribution is -2.52. The summed E-state index contributed by atoms with van der Waals surface area (Å²) in [5, 5.41) is 0. The summed E-state index contributed by atoms with van der Waals surface area (Å²) in [6.07, 6.45) is 1.71. The second kappa shape index (κ2) is 9.82. The van der Waals surface area contributed by atoms with E-state index in [2.05, 4.69) is 4.90 Å². The molecule has 0 saturated carbocycles. The van der Waals surface area contributed by atoms with Gasteiger partial charge in [-0.2, -0.15) is 0 Å². The topological polar surface area (TPSA) is 71.6 Å². The van der Waals surface area contributed by atoms with E-state index in [1.807, 2.05) is 23.1 Å². The molecular weight excluding hydrogens is 374 g/mol. The molecule has 1 atom stereocenters. The molecule has 0 bridgehead atoms. The molecule has 1 aromatic carbocycles. The van der Waals surface area contributed by atoms with E-state index in [1.54, 1.807) is 26.0 Å². The fraction of sp³-hybridized carbons (Fsp3) is 0.619. The third kappa shape index (κ3) is 4.93. The molecule has 0 aliphatic carbocycles. The lowest BCUT2D eigenvalue weighted by Gasteiger charge is -2.35. The number of hydrogen-bond donors (Lipinski definition) is 0. The molecule has 0 unspecified atom stereocenters. The van der Waals surface area contributed by atoms with Crippen LogP contribution in [0, 0.1) is 0 Å². The Bertz CT molecular complexity index is 718. The van der Waals surface area contributed by atoms with Crippen LogP contribution in [-0.4, -0.2) is 86.8 Å². The monoisotopic (exact) mass is 405 g/mol. The molecule has 2 fully saturated rings. The second-order valence-electron chi connectivity index (χ2n) is 7.30. The van der Waals surface area contributed by atoms with Gasteiger partial charge in [-0.3, -0.25) is 9.69 Å². The molecule has 2 aliphatic rings. The molecule has 2 saturated heterocycles. The van der Waals surface area contributed by atoms with Crippen LogP contribution in [0.25, 0.3) is 0 Å². The maximum atomic E-state index is 12.9. The highest BCUT2D eigenvalue weighted by Crippen LogP contribution is 2.38. The SMILES string of the molecule is CCOC(=O)N1CCN(C(=O)CN2CCC[C@H]2c2cc(OC)ccc2OC)CC1. The molecule has 3 rings (SSSR count). The molecular formula is C21H31N3O5. The molecule has 0 spiro atoms. The number of amides is 2. The lowest BCUT2D eigenvalue weighted by atomic mass is 10.0. The van der Waals surface area contributed by atoms with Crippen LogP contribution < -0.4 is 9.47 Å². The normalized spacial score (nSPS) is 19.9. The Morgan fingerprint density at radius 2 is 1.76 bits per heavy atom. The van der Waals surface area contributed by atoms with Gasteiger partial charge in [0.2, 0.25) is 5.91 Å². The van der Waals surface area contributed by atoms with Gasteiger partial charge in [-0.05, 0) is 44.5 Å². The van der Waals surface area contributed by atoms with E-state index in [1.165, 1.54) is 0 Å². The zero-order valence-electron chi connectivity index (χ0n) is 17.6. The van der Waals surface area contributed by atoms with Crippen molar-refractivity contribution in [2.75, 3.05) is 60.1 Å². The number of hydrogen-bond acceptors (Lipinski definition) is 6. The number of nitrogens with zero attached hydrogens (tertiary/aromatic N) is 3. The summed E-state index contributed by atoms with van der Waals surface area (Å²) in [5.41, 5.74) is 1.06. The summed E-state index contributed by atoms with van der Waals surface area (Å²) in [6, 6.07) is 5.94. The van der Waals surface area contributed by atoms with Gasteiger partial charge in [-0.1, -0.05) is 0 Å². The van der Waals surface area contributed by atoms with E-state index in [0.717, 1.165) is 36.4 Å². The summed E-state index contributed by atoms with van der Waals surface area (Å²) in [4.78, 5) is 30.5. The summed E-state index contributed by atoms with van der Waals surface area (Å²) in [6.45, 7) is 5.50. The van der Waals surface area contributed by atoms with Crippen LogP contribution in [0.5, 0.6) is 11.5 Å². The summed E-state index contributed by atoms with van der Waals surface area (Å²) >= 11 is 0. The average Bonchev–Trinajstić information content (AvgIpc) is 3.21. The van der Waals surface area contributed by atoms with Crippen molar-refractivity contribution in [1.82, 2.24) is 14.7 Å². The third-order valence-electron chi connectivity index (χ3n) is 5.66. The van der Waals surface area contributed by atoms with Crippen LogP contribution in [0.1, 0.15) is 31.4 Å². The second-order valence-corrected chi connectivity index (χ2v) is 7.30. The first-order chi connectivity index (χ1) is 14.1. The Morgan fingerprint density at radius 1 is 1.03 bits per heavy atom. The van der Waals surface area contributed by atoms with Crippen molar-refractivity contribution >= 4 is 12.0 Å². The maximum absolute atomic E-state index is 12.9. The molecule has 2 heterocycles. The van der Waals surface area contributed by atoms with E-state index >= 15 is 0 Å². The number of methoxy groups -OCH3 is 2. The minimum Gasteiger partial charge on any atom is -0.497 e. The van der Waals surface area contributed by atoms with E-state index in [-0.39, 0.29) is 18.0 Å². The molecule has 2 aliphatic heterocycles. The van der Waals surface area contributed by atoms with Gasteiger partial charge in [0.15, 0.2) is 0 Å². The van der Waals surface area contributed by atoms with Crippen LogP contribution in [0.3, 0.4) is 0 Å². The third-order valence-corrected chi connectivity index (χ3v) is 5.66. The number of likely N-dealkylation sites (tertiary alicyclic amines) is 1. The van der Waals surface area contributed by atoms with Crippen LogP contribution in [-0.2, 0) is 9.53 Å². The highest BCUT2D eigenvalue weighted by molar-refractivity contribution is 5.79. The van der Waals surface area contributed by atoms with Crippen molar-refractivity contribution in [3.05, 3.63) is 23.8 Å². The van der Waals surface area contributed by atoms with Crippen LogP contribution in [0.15, 0.2) is 18.2 Å². The number of rotatable bonds is 6. The number of carbonyl (C=O) groups is 2. The fourth-order valence-corrected chi connectivity index (χ4v) is 4.09. The highest BCUT2D eigenvalue weighted by atomic mass is 16.6. The van der Waals surface area contributed by atoms with Gasteiger partial charge >= 0.3 is 6.09 Å². The molecule has 1 aromatic rings. The first-order valence-electron chi connectivity index (χ1n) is 10.2. The molecule has 2 amide bonds. The van der Waals surface area contributed by atoms with Crippen molar-refractivity contribution in [2.24, 2.45) is 0 Å². The van der Waals surface area contributed by atoms with Gasteiger partial charge in [0.1, 0.15) is 11.5 Å². The molecule has 8 heteroatoms. The van der Waals surface area contributed by atoms with Gasteiger partial charge in [-0.25, -0.2) is 4.79 Å². The maximum Gasteiger partial charge on any atom is 0.409 e. The van der Waals surface area contributed by atoms with Crippen LogP contribution in [0.4, 0.5) is 4.79 Å². The van der Waals surface area contributed by atoms with Gasteiger partial charge in [0.05, 0.1) is 27.4 Å². The molecule has 160 valence electrons. The van der Waals surface area contributed by atoms with Crippen molar-refractivity contribution in [2.45, 2.75) is 25.8 Å². The minimum atomic E-state index is -0.302. The van der Waals surface area contributed by atoms with Crippen molar-refractivity contribution in [3.63, 3.8) is 0 Å². The summed E-state index contributed by atoms with van der Waals surface area (Å²) < 4.78 is 16.0. The Hall–Kier alpha value is -2.48. The smallest absolute Gasteiger partial charge is 0.409 e. The fourth-order valence-electron chi connectivity index (χ4n) is 4.09. The van der Waals surface area contributed by atoms with Crippen molar-refractivity contribution in [3.8, 4) is 11.5 Å². The first kappa shape index (κ1) is 21.2. The Balaban J connectivity index is 1.62. The van der Waals surface area contributed by atoms with Gasteiger partial charge in [-0.15, -0.1) is 0 Å². The number of benzene rings is 1. The highest BCUT2D eigenvalue weighted by Gasteiger charge is 2.32. The zero-order valence-corrected chi connectivity index (χ0v) is 17.6. The van der Waals surface area contributed by atoms with E-state index in [4.69, 9.17) is 14.2 Å². The van der Waals surface area contributed by atoms with Crippen molar-refractivity contribution in [1.29, 1.82) is 0 Å². The molecule has 29 heavy (non-hydrogen) atoms. The lowest BCUT2D eigenvalue weighted by molar-refractivity contribution is -0.134. The Morgan fingerprint density at radius 3 is 2.41 bits per heavy atom. The largest absolute Gasteiger partial charge is 0.497 e. The predicted octanol–water partition coefficient (Wildman–Crippen LogP) is 2.14. The standard InChI is InChI=1S/C21H31N3O5/c1-4-29-21(26)23-12-10-22(11-13-23)20(25)15-24-9-5-6-18(24)17-14-16(27-2)7-8-19(17)28-3/h7-8,14,18H,4-6,9-13,15H2,1-3H3/t18-/m0/s1. The van der Waals surface area contributed by atoms with E-state index in [9.17, 15) is 9.59 Å². The van der Waals surface area contributed by atoms with E-state index < -0.39 is 0 Å². The zero-order chi connectivity index (χ0) is 20.8. The average molecular weight is 405 g/mol. The summed E-state index contributed by atoms with van der Waals surface area (Å²) in [5.74, 6) is 1.70. The Labute approximate surface area is 172 Å². The van der Waals surface area contributed by atoms with Gasteiger partial charge < -0.3 is 24.0 Å². The number of carbonyl (C=O) groups excluding carboxylic acids is 2. The first-order valence-corrected chi connectivity index (χ1v) is 10.2. The predicted molar refractivity (Wildman–Crippen MR) is 108 cm³/mol. The molecule has 8 nitrogen and oxygen atoms in total. The minimum absolute atomic E-state index is 0.0993.